The van der Waals surface area contributed by atoms with Gasteiger partial charge in [-0.1, -0.05) is 27.7 Å². The molecule has 0 aromatic rings. The summed E-state index contributed by atoms with van der Waals surface area (Å²) in [4.78, 5) is 2.24. The fraction of sp³-hybridized carbons (Fsp3) is 1.00. The van der Waals surface area contributed by atoms with Crippen LogP contribution in [0.5, 0.6) is 0 Å². The highest BCUT2D eigenvalue weighted by molar-refractivity contribution is 4.73. The smallest absolute Gasteiger partial charge is 0.102 e. The Morgan fingerprint density at radius 3 is 2.07 bits per heavy atom. The summed E-state index contributed by atoms with van der Waals surface area (Å²) in [6.07, 6.45) is 2.52. The van der Waals surface area contributed by atoms with Crippen molar-refractivity contribution in [1.29, 1.82) is 0 Å². The highest BCUT2D eigenvalue weighted by Gasteiger charge is 2.20. The second-order valence-corrected chi connectivity index (χ2v) is 4.11. The molecular formula is C12H26FN. The minimum atomic E-state index is -0.188. The van der Waals surface area contributed by atoms with Crippen molar-refractivity contribution < 1.29 is 4.39 Å². The van der Waals surface area contributed by atoms with Crippen LogP contribution in [0.2, 0.25) is 0 Å². The minimum absolute atomic E-state index is 0.188. The normalized spacial score (nSPS) is 19.3. The van der Waals surface area contributed by atoms with Gasteiger partial charge in [0.2, 0.25) is 0 Å². The standard InChI is InChI=1S/C10H20FN.C2H6/c1-9(2)10-3-6-12(7-4-10)8-5-11;1-2/h9-10H,3-8H2,1-2H3;1-2H3. The summed E-state index contributed by atoms with van der Waals surface area (Å²) >= 11 is 0. The van der Waals surface area contributed by atoms with Crippen molar-refractivity contribution in [2.45, 2.75) is 40.5 Å². The number of hydrogen-bond acceptors (Lipinski definition) is 1. The van der Waals surface area contributed by atoms with E-state index in [1.54, 1.807) is 0 Å². The van der Waals surface area contributed by atoms with E-state index in [1.807, 2.05) is 13.8 Å². The van der Waals surface area contributed by atoms with Gasteiger partial charge in [-0.25, -0.2) is 4.39 Å². The number of rotatable bonds is 3. The Morgan fingerprint density at radius 1 is 1.21 bits per heavy atom. The molecule has 0 spiro atoms. The largest absolute Gasteiger partial charge is 0.301 e. The van der Waals surface area contributed by atoms with Crippen molar-refractivity contribution in [3.05, 3.63) is 0 Å². The average Bonchev–Trinajstić information content (AvgIpc) is 2.22. The average molecular weight is 203 g/mol. The number of hydrogen-bond donors (Lipinski definition) is 0. The number of halogens is 1. The maximum absolute atomic E-state index is 12.0. The first-order chi connectivity index (χ1) is 6.74. The van der Waals surface area contributed by atoms with E-state index in [0.29, 0.717) is 6.54 Å². The Balaban J connectivity index is 0.000000791. The second kappa shape index (κ2) is 8.22. The third-order valence-corrected chi connectivity index (χ3v) is 2.98. The van der Waals surface area contributed by atoms with Gasteiger partial charge in [0.05, 0.1) is 0 Å². The van der Waals surface area contributed by atoms with Gasteiger partial charge in [-0.15, -0.1) is 0 Å². The molecule has 1 aliphatic heterocycles. The summed E-state index contributed by atoms with van der Waals surface area (Å²) < 4.78 is 12.0. The van der Waals surface area contributed by atoms with Gasteiger partial charge in [0, 0.05) is 6.54 Å². The van der Waals surface area contributed by atoms with Gasteiger partial charge < -0.3 is 4.90 Å². The summed E-state index contributed by atoms with van der Waals surface area (Å²) in [5.74, 6) is 1.68. The molecule has 0 saturated carbocycles. The van der Waals surface area contributed by atoms with Crippen LogP contribution >= 0.6 is 0 Å². The zero-order chi connectivity index (χ0) is 11.0. The lowest BCUT2D eigenvalue weighted by molar-refractivity contribution is 0.149. The molecule has 1 aliphatic rings. The van der Waals surface area contributed by atoms with Crippen molar-refractivity contribution in [1.82, 2.24) is 4.90 Å². The van der Waals surface area contributed by atoms with E-state index in [2.05, 4.69) is 18.7 Å². The molecule has 0 unspecified atom stereocenters. The lowest BCUT2D eigenvalue weighted by Crippen LogP contribution is -2.36. The number of alkyl halides is 1. The summed E-state index contributed by atoms with van der Waals surface area (Å²) in [5, 5.41) is 0. The molecule has 0 N–H and O–H groups in total. The van der Waals surface area contributed by atoms with E-state index < -0.39 is 0 Å². The molecule has 86 valence electrons. The van der Waals surface area contributed by atoms with Gasteiger partial charge in [-0.2, -0.15) is 0 Å². The molecule has 0 amide bonds. The predicted molar refractivity (Wildman–Crippen MR) is 61.3 cm³/mol. The van der Waals surface area contributed by atoms with E-state index >= 15 is 0 Å². The molecule has 0 atom stereocenters. The molecule has 1 saturated heterocycles. The number of nitrogens with zero attached hydrogens (tertiary/aromatic N) is 1. The SMILES string of the molecule is CC.CC(C)C1CCN(CCF)CC1. The molecule has 0 radical (unpaired) electrons. The van der Waals surface area contributed by atoms with Crippen LogP contribution < -0.4 is 0 Å². The first kappa shape index (κ1) is 13.9. The Hall–Kier alpha value is -0.110. The molecule has 1 fully saturated rings. The van der Waals surface area contributed by atoms with E-state index in [4.69, 9.17) is 0 Å². The number of piperidine rings is 1. The molecule has 1 rings (SSSR count). The van der Waals surface area contributed by atoms with Crippen molar-refractivity contribution in [2.24, 2.45) is 11.8 Å². The summed E-state index contributed by atoms with van der Waals surface area (Å²) in [6.45, 7) is 11.2. The second-order valence-electron chi connectivity index (χ2n) is 4.11. The maximum Gasteiger partial charge on any atom is 0.102 e. The van der Waals surface area contributed by atoms with Crippen LogP contribution in [-0.4, -0.2) is 31.2 Å². The van der Waals surface area contributed by atoms with Gasteiger partial charge in [0.25, 0.3) is 0 Å². The van der Waals surface area contributed by atoms with E-state index in [0.717, 1.165) is 24.9 Å². The molecule has 14 heavy (non-hydrogen) atoms. The van der Waals surface area contributed by atoms with Crippen molar-refractivity contribution >= 4 is 0 Å². The molecule has 1 heterocycles. The summed E-state index contributed by atoms with van der Waals surface area (Å²) in [6, 6.07) is 0. The Kier molecular flexibility index (Phi) is 8.15. The van der Waals surface area contributed by atoms with Gasteiger partial charge in [0.1, 0.15) is 6.67 Å². The Labute approximate surface area is 88.7 Å². The third-order valence-electron chi connectivity index (χ3n) is 2.98. The summed E-state index contributed by atoms with van der Waals surface area (Å²) in [5.41, 5.74) is 0. The van der Waals surface area contributed by atoms with Crippen LogP contribution in [0.4, 0.5) is 4.39 Å². The van der Waals surface area contributed by atoms with Crippen LogP contribution in [0.3, 0.4) is 0 Å². The molecule has 2 heteroatoms. The Morgan fingerprint density at radius 2 is 1.71 bits per heavy atom. The first-order valence-electron chi connectivity index (χ1n) is 6.02. The van der Waals surface area contributed by atoms with Crippen LogP contribution in [0.25, 0.3) is 0 Å². The van der Waals surface area contributed by atoms with E-state index in [-0.39, 0.29) is 6.67 Å². The van der Waals surface area contributed by atoms with Crippen LogP contribution in [0.15, 0.2) is 0 Å². The van der Waals surface area contributed by atoms with Crippen LogP contribution in [0, 0.1) is 11.8 Å². The van der Waals surface area contributed by atoms with Gasteiger partial charge >= 0.3 is 0 Å². The zero-order valence-corrected chi connectivity index (χ0v) is 10.2. The van der Waals surface area contributed by atoms with Gasteiger partial charge in [-0.3, -0.25) is 0 Å². The molecule has 0 aliphatic carbocycles. The monoisotopic (exact) mass is 203 g/mol. The topological polar surface area (TPSA) is 3.24 Å². The highest BCUT2D eigenvalue weighted by Crippen LogP contribution is 2.23. The molecular weight excluding hydrogens is 177 g/mol. The van der Waals surface area contributed by atoms with Crippen LogP contribution in [0.1, 0.15) is 40.5 Å². The molecule has 0 aromatic heterocycles. The molecule has 0 aromatic carbocycles. The van der Waals surface area contributed by atoms with Gasteiger partial charge in [0.15, 0.2) is 0 Å². The van der Waals surface area contributed by atoms with Crippen LogP contribution in [-0.2, 0) is 0 Å². The lowest BCUT2D eigenvalue weighted by Gasteiger charge is -2.33. The molecule has 0 bridgehead atoms. The minimum Gasteiger partial charge on any atom is -0.301 e. The predicted octanol–water partition coefficient (Wildman–Crippen LogP) is 3.35. The fourth-order valence-electron chi connectivity index (χ4n) is 1.96. The van der Waals surface area contributed by atoms with Crippen molar-refractivity contribution in [2.75, 3.05) is 26.3 Å². The van der Waals surface area contributed by atoms with E-state index in [1.165, 1.54) is 12.8 Å². The van der Waals surface area contributed by atoms with E-state index in [9.17, 15) is 4.39 Å². The first-order valence-corrected chi connectivity index (χ1v) is 6.02. The molecule has 1 nitrogen and oxygen atoms in total. The highest BCUT2D eigenvalue weighted by atomic mass is 19.1. The van der Waals surface area contributed by atoms with Crippen molar-refractivity contribution in [3.63, 3.8) is 0 Å². The number of likely N-dealkylation sites (tertiary alicyclic amines) is 1. The van der Waals surface area contributed by atoms with Crippen molar-refractivity contribution in [3.8, 4) is 0 Å². The van der Waals surface area contributed by atoms with Gasteiger partial charge in [-0.05, 0) is 37.8 Å². The summed E-state index contributed by atoms with van der Waals surface area (Å²) in [7, 11) is 0. The fourth-order valence-corrected chi connectivity index (χ4v) is 1.96. The quantitative estimate of drug-likeness (QED) is 0.680. The Bertz CT molecular complexity index is 117. The maximum atomic E-state index is 12.0. The lowest BCUT2D eigenvalue weighted by atomic mass is 9.87. The third kappa shape index (κ3) is 4.94. The zero-order valence-electron chi connectivity index (χ0n) is 10.2.